The molecular weight excluding hydrogens is 512 g/mol. The Morgan fingerprint density at radius 3 is 2.25 bits per heavy atom. The van der Waals surface area contributed by atoms with Crippen molar-refractivity contribution < 1.29 is 19.2 Å². The molecule has 1 atom stereocenters. The van der Waals surface area contributed by atoms with Crippen LogP contribution in [0.5, 0.6) is 0 Å². The number of anilines is 3. The number of fused-ring (bicyclic) bond motifs is 1. The molecule has 0 radical (unpaired) electrons. The molecule has 1 aromatic heterocycles. The highest BCUT2D eigenvalue weighted by atomic mass is 16.2. The van der Waals surface area contributed by atoms with Crippen LogP contribution in [0, 0.1) is 5.92 Å². The summed E-state index contributed by atoms with van der Waals surface area (Å²) >= 11 is 0. The number of nitrogens with one attached hydrogen (secondary N) is 1. The summed E-state index contributed by atoms with van der Waals surface area (Å²) in [5.74, 6) is -0.472. The van der Waals surface area contributed by atoms with Gasteiger partial charge in [-0.15, -0.1) is 0 Å². The molecule has 3 fully saturated rings. The van der Waals surface area contributed by atoms with Crippen molar-refractivity contribution in [3.63, 3.8) is 0 Å². The first kappa shape index (κ1) is 26.2. The molecule has 5 heterocycles. The van der Waals surface area contributed by atoms with Crippen LogP contribution in [-0.4, -0.2) is 95.3 Å². The number of benzene rings is 1. The summed E-state index contributed by atoms with van der Waals surface area (Å²) in [6, 6.07) is 4.39. The Hall–Kier alpha value is -4.06. The second-order valence-electron chi connectivity index (χ2n) is 11.0. The number of nitrogen functional groups attached to an aromatic ring is 1. The molecule has 0 saturated carbocycles. The third-order valence-electron chi connectivity index (χ3n) is 8.57. The van der Waals surface area contributed by atoms with Crippen molar-refractivity contribution in [1.82, 2.24) is 25.1 Å². The largest absolute Gasteiger partial charge is 0.396 e. The number of nitrogens with two attached hydrogens (primary N) is 1. The first-order valence-corrected chi connectivity index (χ1v) is 14.0. The minimum atomic E-state index is -0.949. The molecule has 0 aliphatic carbocycles. The van der Waals surface area contributed by atoms with Gasteiger partial charge in [0.25, 0.3) is 11.8 Å². The van der Waals surface area contributed by atoms with E-state index in [0.717, 1.165) is 75.2 Å². The molecule has 4 aliphatic rings. The van der Waals surface area contributed by atoms with Gasteiger partial charge in [-0.25, -0.2) is 9.97 Å². The van der Waals surface area contributed by atoms with Crippen molar-refractivity contribution in [2.45, 2.75) is 38.1 Å². The van der Waals surface area contributed by atoms with Crippen molar-refractivity contribution in [1.29, 1.82) is 0 Å². The van der Waals surface area contributed by atoms with Gasteiger partial charge < -0.3 is 15.5 Å². The molecule has 1 aromatic carbocycles. The van der Waals surface area contributed by atoms with Gasteiger partial charge in [0.2, 0.25) is 17.8 Å². The Labute approximate surface area is 232 Å². The average molecular weight is 547 g/mol. The van der Waals surface area contributed by atoms with Gasteiger partial charge in [0, 0.05) is 51.4 Å². The van der Waals surface area contributed by atoms with Crippen LogP contribution >= 0.6 is 0 Å². The van der Waals surface area contributed by atoms with E-state index < -0.39 is 23.8 Å². The van der Waals surface area contributed by atoms with E-state index in [0.29, 0.717) is 22.7 Å². The lowest BCUT2D eigenvalue weighted by Gasteiger charge is -2.37. The lowest BCUT2D eigenvalue weighted by molar-refractivity contribution is -0.136. The molecule has 12 heteroatoms. The molecule has 0 spiro atoms. The maximum atomic E-state index is 13.2. The molecule has 4 amide bonds. The number of rotatable bonds is 6. The monoisotopic (exact) mass is 546 g/mol. The van der Waals surface area contributed by atoms with E-state index in [1.165, 1.54) is 6.42 Å². The maximum Gasteiger partial charge on any atom is 0.262 e. The number of hydrogen-bond acceptors (Lipinski definition) is 10. The molecule has 4 aliphatic heterocycles. The summed E-state index contributed by atoms with van der Waals surface area (Å²) in [4.78, 5) is 66.7. The van der Waals surface area contributed by atoms with E-state index >= 15 is 0 Å². The lowest BCUT2D eigenvalue weighted by Crippen LogP contribution is -2.54. The fraction of sp³-hybridized carbons (Fsp3) is 0.500. The summed E-state index contributed by atoms with van der Waals surface area (Å²) in [6.07, 6.45) is 7.01. The minimum Gasteiger partial charge on any atom is -0.396 e. The summed E-state index contributed by atoms with van der Waals surface area (Å²) in [6.45, 7) is 6.53. The highest BCUT2D eigenvalue weighted by Crippen LogP contribution is 2.31. The van der Waals surface area contributed by atoms with Crippen molar-refractivity contribution in [2.75, 3.05) is 61.3 Å². The van der Waals surface area contributed by atoms with Crippen molar-refractivity contribution in [2.24, 2.45) is 5.92 Å². The number of imide groups is 2. The fourth-order valence-electron chi connectivity index (χ4n) is 6.17. The smallest absolute Gasteiger partial charge is 0.262 e. The van der Waals surface area contributed by atoms with Crippen LogP contribution in [0.4, 0.5) is 17.3 Å². The number of carbonyl (C=O) groups excluding carboxylic acids is 4. The van der Waals surface area contributed by atoms with Gasteiger partial charge in [0.1, 0.15) is 6.04 Å². The van der Waals surface area contributed by atoms with E-state index in [2.05, 4.69) is 30.0 Å². The van der Waals surface area contributed by atoms with E-state index in [1.54, 1.807) is 24.5 Å². The minimum absolute atomic E-state index is 0.108. The zero-order valence-corrected chi connectivity index (χ0v) is 22.4. The molecule has 6 rings (SSSR count). The molecule has 210 valence electrons. The van der Waals surface area contributed by atoms with Gasteiger partial charge in [-0.05, 0) is 56.3 Å². The number of aromatic nitrogens is 2. The first-order chi connectivity index (χ1) is 19.4. The average Bonchev–Trinajstić information content (AvgIpc) is 3.22. The van der Waals surface area contributed by atoms with E-state index in [4.69, 9.17) is 5.73 Å². The fourth-order valence-corrected chi connectivity index (χ4v) is 6.17. The Bertz CT molecular complexity index is 1320. The van der Waals surface area contributed by atoms with Gasteiger partial charge in [0.05, 0.1) is 29.2 Å². The molecule has 40 heavy (non-hydrogen) atoms. The molecule has 0 bridgehead atoms. The summed E-state index contributed by atoms with van der Waals surface area (Å²) in [5.41, 5.74) is 7.82. The number of amides is 4. The van der Waals surface area contributed by atoms with Gasteiger partial charge >= 0.3 is 0 Å². The maximum absolute atomic E-state index is 13.2. The predicted octanol–water partition coefficient (Wildman–Crippen LogP) is 0.889. The van der Waals surface area contributed by atoms with Gasteiger partial charge in [-0.3, -0.25) is 34.3 Å². The number of nitrogens with zero attached hydrogens (tertiary/aromatic N) is 6. The third-order valence-corrected chi connectivity index (χ3v) is 8.57. The van der Waals surface area contributed by atoms with Crippen LogP contribution in [0.15, 0.2) is 30.6 Å². The standard InChI is InChI=1S/C28H34N8O4/c29-19-16-30-28(31-17-19)35-9-6-18(7-10-35)5-8-33-11-13-34(14-12-33)20-1-2-21-22(15-20)27(40)36(26(21)39)23-3-4-24(37)32-25(23)38/h1-2,15-18,23H,3-14,29H2,(H,32,37,38). The van der Waals surface area contributed by atoms with Crippen molar-refractivity contribution >= 4 is 41.0 Å². The molecule has 2 aromatic rings. The Kier molecular flexibility index (Phi) is 7.09. The Morgan fingerprint density at radius 2 is 1.55 bits per heavy atom. The van der Waals surface area contributed by atoms with E-state index in [1.807, 2.05) is 6.07 Å². The van der Waals surface area contributed by atoms with Crippen molar-refractivity contribution in [3.8, 4) is 0 Å². The topological polar surface area (TPSA) is 145 Å². The number of carbonyl (C=O) groups is 4. The SMILES string of the molecule is Nc1cnc(N2CCC(CCN3CCN(c4ccc5c(c4)C(=O)N(C4CCC(=O)NC4=O)C5=O)CC3)CC2)nc1. The van der Waals surface area contributed by atoms with Crippen molar-refractivity contribution in [3.05, 3.63) is 41.7 Å². The van der Waals surface area contributed by atoms with Gasteiger partial charge in [-0.2, -0.15) is 0 Å². The third kappa shape index (κ3) is 5.10. The Balaban J connectivity index is 0.991. The lowest BCUT2D eigenvalue weighted by atomic mass is 9.93. The highest BCUT2D eigenvalue weighted by Gasteiger charge is 2.44. The van der Waals surface area contributed by atoms with E-state index in [9.17, 15) is 19.2 Å². The highest BCUT2D eigenvalue weighted by molar-refractivity contribution is 6.23. The molecular formula is C28H34N8O4. The van der Waals surface area contributed by atoms with Gasteiger partial charge in [-0.1, -0.05) is 0 Å². The van der Waals surface area contributed by atoms with Crippen LogP contribution in [-0.2, 0) is 9.59 Å². The normalized spacial score (nSPS) is 22.6. The van der Waals surface area contributed by atoms with Crippen LogP contribution in [0.25, 0.3) is 0 Å². The summed E-state index contributed by atoms with van der Waals surface area (Å²) < 4.78 is 0. The Morgan fingerprint density at radius 1 is 0.850 bits per heavy atom. The number of piperidine rings is 2. The van der Waals surface area contributed by atoms with Crippen LogP contribution < -0.4 is 20.9 Å². The second-order valence-corrected chi connectivity index (χ2v) is 11.0. The first-order valence-electron chi connectivity index (χ1n) is 14.0. The molecule has 3 saturated heterocycles. The number of piperazine rings is 1. The summed E-state index contributed by atoms with van der Waals surface area (Å²) in [7, 11) is 0. The number of hydrogen-bond donors (Lipinski definition) is 2. The van der Waals surface area contributed by atoms with Crippen LogP contribution in [0.1, 0.15) is 52.8 Å². The van der Waals surface area contributed by atoms with Crippen LogP contribution in [0.2, 0.25) is 0 Å². The molecule has 1 unspecified atom stereocenters. The van der Waals surface area contributed by atoms with Gasteiger partial charge in [0.15, 0.2) is 0 Å². The molecule has 3 N–H and O–H groups in total. The zero-order valence-electron chi connectivity index (χ0n) is 22.4. The van der Waals surface area contributed by atoms with Crippen LogP contribution in [0.3, 0.4) is 0 Å². The second kappa shape index (κ2) is 10.8. The predicted molar refractivity (Wildman–Crippen MR) is 148 cm³/mol. The molecule has 12 nitrogen and oxygen atoms in total. The summed E-state index contributed by atoms with van der Waals surface area (Å²) in [5, 5.41) is 2.23. The zero-order chi connectivity index (χ0) is 27.8. The quantitative estimate of drug-likeness (QED) is 0.501. The van der Waals surface area contributed by atoms with E-state index in [-0.39, 0.29) is 18.7 Å².